The van der Waals surface area contributed by atoms with Crippen LogP contribution in [0.15, 0.2) is 0 Å². The zero-order valence-electron chi connectivity index (χ0n) is 13.0. The molecule has 1 saturated carbocycles. The van der Waals surface area contributed by atoms with Gasteiger partial charge in [-0.05, 0) is 40.2 Å². The van der Waals surface area contributed by atoms with E-state index >= 15 is 0 Å². The van der Waals surface area contributed by atoms with Crippen LogP contribution in [0.4, 0.5) is 0 Å². The average molecular weight is 256 g/mol. The molecule has 0 bridgehead atoms. The highest BCUT2D eigenvalue weighted by atomic mass is 16.5. The van der Waals surface area contributed by atoms with Crippen LogP contribution in [-0.2, 0) is 4.74 Å². The summed E-state index contributed by atoms with van der Waals surface area (Å²) in [4.78, 5) is 2.65. The van der Waals surface area contributed by atoms with Crippen LogP contribution in [0.3, 0.4) is 0 Å². The monoisotopic (exact) mass is 256 g/mol. The number of nitrogens with zero attached hydrogens (tertiary/aromatic N) is 1. The molecule has 0 spiro atoms. The third-order valence-electron chi connectivity index (χ3n) is 3.85. The lowest BCUT2D eigenvalue weighted by Gasteiger charge is -2.37. The smallest absolute Gasteiger partial charge is 0.0630 e. The largest absolute Gasteiger partial charge is 0.383 e. The minimum Gasteiger partial charge on any atom is -0.383 e. The Morgan fingerprint density at radius 1 is 1.28 bits per heavy atom. The first-order chi connectivity index (χ1) is 8.48. The lowest BCUT2D eigenvalue weighted by Crippen LogP contribution is -2.52. The molecule has 1 aliphatic rings. The molecule has 0 aromatic carbocycles. The second-order valence-corrected chi connectivity index (χ2v) is 6.51. The van der Waals surface area contributed by atoms with Gasteiger partial charge < -0.3 is 10.1 Å². The summed E-state index contributed by atoms with van der Waals surface area (Å²) >= 11 is 0. The normalized spacial score (nSPS) is 19.7. The first kappa shape index (κ1) is 15.9. The minimum atomic E-state index is 0.182. The average Bonchev–Trinajstić information content (AvgIpc) is 2.79. The van der Waals surface area contributed by atoms with E-state index in [1.165, 1.54) is 25.7 Å². The van der Waals surface area contributed by atoms with Crippen molar-refractivity contribution >= 4 is 0 Å². The van der Waals surface area contributed by atoms with Crippen molar-refractivity contribution in [1.82, 2.24) is 10.2 Å². The van der Waals surface area contributed by atoms with E-state index in [9.17, 15) is 0 Å². The van der Waals surface area contributed by atoms with Gasteiger partial charge in [0.2, 0.25) is 0 Å². The van der Waals surface area contributed by atoms with Crippen molar-refractivity contribution in [1.29, 1.82) is 0 Å². The van der Waals surface area contributed by atoms with Crippen LogP contribution in [0, 0.1) is 0 Å². The number of nitrogens with one attached hydrogen (secondary N) is 1. The minimum absolute atomic E-state index is 0.182. The molecule has 18 heavy (non-hydrogen) atoms. The fourth-order valence-corrected chi connectivity index (χ4v) is 2.94. The van der Waals surface area contributed by atoms with Crippen LogP contribution in [0.5, 0.6) is 0 Å². The van der Waals surface area contributed by atoms with Crippen molar-refractivity contribution < 1.29 is 4.74 Å². The van der Waals surface area contributed by atoms with Crippen molar-refractivity contribution in [2.45, 2.75) is 71.0 Å². The molecule has 0 amide bonds. The number of methoxy groups -OCH3 is 1. The van der Waals surface area contributed by atoms with E-state index in [0.717, 1.165) is 25.7 Å². The lowest BCUT2D eigenvalue weighted by atomic mass is 10.1. The Morgan fingerprint density at radius 3 is 2.33 bits per heavy atom. The van der Waals surface area contributed by atoms with Gasteiger partial charge in [-0.25, -0.2) is 0 Å². The molecular weight excluding hydrogens is 224 g/mol. The summed E-state index contributed by atoms with van der Waals surface area (Å²) in [7, 11) is 1.81. The van der Waals surface area contributed by atoms with Gasteiger partial charge in [-0.1, -0.05) is 19.8 Å². The summed E-state index contributed by atoms with van der Waals surface area (Å²) in [6, 6.07) is 1.28. The SMILES string of the molecule is CCN(C1CCCC1)C(CNC(C)(C)C)COC. The second-order valence-electron chi connectivity index (χ2n) is 6.51. The molecule has 108 valence electrons. The predicted molar refractivity (Wildman–Crippen MR) is 78.1 cm³/mol. The van der Waals surface area contributed by atoms with Crippen LogP contribution in [0.1, 0.15) is 53.4 Å². The van der Waals surface area contributed by atoms with Gasteiger partial charge in [-0.3, -0.25) is 4.90 Å². The highest BCUT2D eigenvalue weighted by Crippen LogP contribution is 2.25. The van der Waals surface area contributed by atoms with E-state index < -0.39 is 0 Å². The first-order valence-electron chi connectivity index (χ1n) is 7.47. The Morgan fingerprint density at radius 2 is 1.89 bits per heavy atom. The Kier molecular flexibility index (Phi) is 6.61. The van der Waals surface area contributed by atoms with Gasteiger partial charge in [0, 0.05) is 31.3 Å². The fraction of sp³-hybridized carbons (Fsp3) is 1.00. The Bertz CT molecular complexity index is 219. The molecule has 1 N–H and O–H groups in total. The van der Waals surface area contributed by atoms with Crippen LogP contribution in [0.25, 0.3) is 0 Å². The van der Waals surface area contributed by atoms with Gasteiger partial charge in [0.15, 0.2) is 0 Å². The van der Waals surface area contributed by atoms with Gasteiger partial charge >= 0.3 is 0 Å². The van der Waals surface area contributed by atoms with E-state index in [1.54, 1.807) is 0 Å². The molecule has 3 nitrogen and oxygen atoms in total. The van der Waals surface area contributed by atoms with Gasteiger partial charge in [0.1, 0.15) is 0 Å². The molecule has 1 unspecified atom stereocenters. The zero-order valence-corrected chi connectivity index (χ0v) is 13.0. The molecule has 1 aliphatic carbocycles. The van der Waals surface area contributed by atoms with Crippen molar-refractivity contribution in [3.63, 3.8) is 0 Å². The fourth-order valence-electron chi connectivity index (χ4n) is 2.94. The maximum Gasteiger partial charge on any atom is 0.0630 e. The van der Waals surface area contributed by atoms with Crippen molar-refractivity contribution in [3.8, 4) is 0 Å². The van der Waals surface area contributed by atoms with Crippen molar-refractivity contribution in [2.75, 3.05) is 26.8 Å². The maximum atomic E-state index is 5.43. The zero-order chi connectivity index (χ0) is 13.6. The van der Waals surface area contributed by atoms with Crippen molar-refractivity contribution in [3.05, 3.63) is 0 Å². The van der Waals surface area contributed by atoms with Gasteiger partial charge in [0.05, 0.1) is 6.61 Å². The van der Waals surface area contributed by atoms with Crippen LogP contribution >= 0.6 is 0 Å². The van der Waals surface area contributed by atoms with Gasteiger partial charge in [-0.2, -0.15) is 0 Å². The highest BCUT2D eigenvalue weighted by Gasteiger charge is 2.28. The second kappa shape index (κ2) is 7.46. The molecule has 1 rings (SSSR count). The van der Waals surface area contributed by atoms with E-state index in [0.29, 0.717) is 6.04 Å². The molecule has 0 heterocycles. The molecule has 0 radical (unpaired) electrons. The molecule has 3 heteroatoms. The molecule has 0 saturated heterocycles. The summed E-state index contributed by atoms with van der Waals surface area (Å²) in [6.07, 6.45) is 5.52. The molecule has 0 aromatic rings. The lowest BCUT2D eigenvalue weighted by molar-refractivity contribution is 0.0617. The molecule has 1 fully saturated rings. The third-order valence-corrected chi connectivity index (χ3v) is 3.85. The van der Waals surface area contributed by atoms with E-state index in [-0.39, 0.29) is 5.54 Å². The topological polar surface area (TPSA) is 24.5 Å². The predicted octanol–water partition coefficient (Wildman–Crippen LogP) is 2.65. The molecule has 0 aromatic heterocycles. The Balaban J connectivity index is 2.56. The summed E-state index contributed by atoms with van der Waals surface area (Å²) in [5.74, 6) is 0. The summed E-state index contributed by atoms with van der Waals surface area (Å²) < 4.78 is 5.43. The maximum absolute atomic E-state index is 5.43. The van der Waals surface area contributed by atoms with E-state index in [2.05, 4.69) is 37.9 Å². The van der Waals surface area contributed by atoms with Gasteiger partial charge in [-0.15, -0.1) is 0 Å². The molecule has 0 aliphatic heterocycles. The molecule has 1 atom stereocenters. The van der Waals surface area contributed by atoms with E-state index in [4.69, 9.17) is 4.74 Å². The number of likely N-dealkylation sites (N-methyl/N-ethyl adjacent to an activating group) is 1. The van der Waals surface area contributed by atoms with E-state index in [1.807, 2.05) is 7.11 Å². The standard InChI is InChI=1S/C15H32N2O/c1-6-17(13-9-7-8-10-13)14(12-18-5)11-16-15(2,3)4/h13-14,16H,6-12H2,1-5H3. The van der Waals surface area contributed by atoms with Crippen molar-refractivity contribution in [2.24, 2.45) is 0 Å². The van der Waals surface area contributed by atoms with Gasteiger partial charge in [0.25, 0.3) is 0 Å². The summed E-state index contributed by atoms with van der Waals surface area (Å²) in [5, 5.41) is 3.62. The Labute approximate surface area is 113 Å². The van der Waals surface area contributed by atoms with Crippen LogP contribution in [0.2, 0.25) is 0 Å². The highest BCUT2D eigenvalue weighted by molar-refractivity contribution is 4.85. The first-order valence-corrected chi connectivity index (χ1v) is 7.47. The van der Waals surface area contributed by atoms with Crippen LogP contribution < -0.4 is 5.32 Å². The number of hydrogen-bond acceptors (Lipinski definition) is 3. The summed E-state index contributed by atoms with van der Waals surface area (Å²) in [6.45, 7) is 11.9. The quantitative estimate of drug-likeness (QED) is 0.758. The van der Waals surface area contributed by atoms with Crippen LogP contribution in [-0.4, -0.2) is 49.3 Å². The molecular formula is C15H32N2O. The number of rotatable bonds is 7. The Hall–Kier alpha value is -0.120. The third kappa shape index (κ3) is 5.25. The summed E-state index contributed by atoms with van der Waals surface area (Å²) in [5.41, 5.74) is 0.182. The number of ether oxygens (including phenoxy) is 1. The number of hydrogen-bond donors (Lipinski definition) is 1.